The molecule has 0 aliphatic rings. The fraction of sp³-hybridized carbons (Fsp3) is 0.556. The summed E-state index contributed by atoms with van der Waals surface area (Å²) in [6.45, 7) is 2.62. The molecule has 1 aromatic rings. The van der Waals surface area contributed by atoms with Crippen molar-refractivity contribution in [1.82, 2.24) is 0 Å². The molecule has 0 aromatic heterocycles. The lowest BCUT2D eigenvalue weighted by Crippen LogP contribution is -2.08. The Morgan fingerprint density at radius 3 is 2.22 bits per heavy atom. The third kappa shape index (κ3) is 9.95. The maximum absolute atomic E-state index is 11.7. The van der Waals surface area contributed by atoms with Crippen LogP contribution in [-0.4, -0.2) is 18.5 Å². The standard InChI is InChI=1S/C18H25ClO4/c1-2-3-7-14-22-17(20)8-5-4-6-9-18(21)23-16-12-10-15(19)11-13-16/h10-13H,2-9,14H2,1H3. The molecule has 0 amide bonds. The van der Waals surface area contributed by atoms with Crippen LogP contribution < -0.4 is 4.74 Å². The van der Waals surface area contributed by atoms with Crippen molar-refractivity contribution in [2.45, 2.75) is 58.3 Å². The monoisotopic (exact) mass is 340 g/mol. The molecular weight excluding hydrogens is 316 g/mol. The molecular formula is C18H25ClO4. The summed E-state index contributed by atoms with van der Waals surface area (Å²) in [6.07, 6.45) is 6.13. The number of halogens is 1. The number of ether oxygens (including phenoxy) is 2. The summed E-state index contributed by atoms with van der Waals surface area (Å²) in [5.41, 5.74) is 0. The van der Waals surface area contributed by atoms with Crippen LogP contribution in [0.2, 0.25) is 5.02 Å². The number of benzene rings is 1. The van der Waals surface area contributed by atoms with Gasteiger partial charge in [0, 0.05) is 17.9 Å². The van der Waals surface area contributed by atoms with E-state index in [-0.39, 0.29) is 11.9 Å². The van der Waals surface area contributed by atoms with Gasteiger partial charge in [-0.3, -0.25) is 9.59 Å². The van der Waals surface area contributed by atoms with Crippen LogP contribution in [-0.2, 0) is 14.3 Å². The second-order valence-corrected chi connectivity index (χ2v) is 5.85. The Bertz CT molecular complexity index is 470. The number of carbonyl (C=O) groups excluding carboxylic acids is 2. The van der Waals surface area contributed by atoms with Crippen molar-refractivity contribution in [2.24, 2.45) is 0 Å². The van der Waals surface area contributed by atoms with Gasteiger partial charge in [0.15, 0.2) is 0 Å². The van der Waals surface area contributed by atoms with Gasteiger partial charge in [0.1, 0.15) is 5.75 Å². The topological polar surface area (TPSA) is 52.6 Å². The van der Waals surface area contributed by atoms with Crippen molar-refractivity contribution in [3.05, 3.63) is 29.3 Å². The molecule has 4 nitrogen and oxygen atoms in total. The highest BCUT2D eigenvalue weighted by Crippen LogP contribution is 2.16. The summed E-state index contributed by atoms with van der Waals surface area (Å²) < 4.78 is 10.3. The Balaban J connectivity index is 2.02. The van der Waals surface area contributed by atoms with Crippen LogP contribution in [0.15, 0.2) is 24.3 Å². The van der Waals surface area contributed by atoms with Crippen LogP contribution in [0.25, 0.3) is 0 Å². The third-order valence-electron chi connectivity index (χ3n) is 3.32. The van der Waals surface area contributed by atoms with E-state index in [4.69, 9.17) is 21.1 Å². The molecule has 0 unspecified atom stereocenters. The van der Waals surface area contributed by atoms with Crippen LogP contribution in [0.3, 0.4) is 0 Å². The average Bonchev–Trinajstić information content (AvgIpc) is 2.53. The van der Waals surface area contributed by atoms with Gasteiger partial charge in [0.05, 0.1) is 6.61 Å². The highest BCUT2D eigenvalue weighted by molar-refractivity contribution is 6.30. The number of carbonyl (C=O) groups is 2. The average molecular weight is 341 g/mol. The van der Waals surface area contributed by atoms with E-state index in [1.54, 1.807) is 24.3 Å². The zero-order chi connectivity index (χ0) is 16.9. The molecule has 128 valence electrons. The van der Waals surface area contributed by atoms with Gasteiger partial charge in [-0.2, -0.15) is 0 Å². The molecule has 5 heteroatoms. The summed E-state index contributed by atoms with van der Waals surface area (Å²) in [7, 11) is 0. The second kappa shape index (κ2) is 11.9. The first-order valence-corrected chi connectivity index (χ1v) is 8.61. The fourth-order valence-corrected chi connectivity index (χ4v) is 2.14. The van der Waals surface area contributed by atoms with E-state index < -0.39 is 0 Å². The van der Waals surface area contributed by atoms with Crippen LogP contribution in [0.5, 0.6) is 5.75 Å². The highest BCUT2D eigenvalue weighted by atomic mass is 35.5. The predicted octanol–water partition coefficient (Wildman–Crippen LogP) is 4.93. The van der Waals surface area contributed by atoms with E-state index >= 15 is 0 Å². The molecule has 1 aromatic carbocycles. The van der Waals surface area contributed by atoms with E-state index in [1.165, 1.54) is 0 Å². The van der Waals surface area contributed by atoms with Gasteiger partial charge in [-0.15, -0.1) is 0 Å². The summed E-state index contributed by atoms with van der Waals surface area (Å²) in [6, 6.07) is 6.68. The summed E-state index contributed by atoms with van der Waals surface area (Å²) in [5, 5.41) is 0.603. The molecule has 23 heavy (non-hydrogen) atoms. The van der Waals surface area contributed by atoms with Gasteiger partial charge in [-0.25, -0.2) is 0 Å². The summed E-state index contributed by atoms with van der Waals surface area (Å²) in [4.78, 5) is 23.1. The lowest BCUT2D eigenvalue weighted by atomic mass is 10.1. The van der Waals surface area contributed by atoms with Gasteiger partial charge in [0.25, 0.3) is 0 Å². The van der Waals surface area contributed by atoms with E-state index in [9.17, 15) is 9.59 Å². The van der Waals surface area contributed by atoms with Crippen LogP contribution >= 0.6 is 11.6 Å². The van der Waals surface area contributed by atoms with Crippen molar-refractivity contribution >= 4 is 23.5 Å². The van der Waals surface area contributed by atoms with E-state index in [2.05, 4.69) is 6.92 Å². The lowest BCUT2D eigenvalue weighted by Gasteiger charge is -2.05. The molecule has 0 saturated carbocycles. The third-order valence-corrected chi connectivity index (χ3v) is 3.57. The molecule has 0 atom stereocenters. The first kappa shape index (κ1) is 19.5. The van der Waals surface area contributed by atoms with Gasteiger partial charge >= 0.3 is 11.9 Å². The van der Waals surface area contributed by atoms with Crippen LogP contribution in [0.4, 0.5) is 0 Å². The molecule has 0 bridgehead atoms. The van der Waals surface area contributed by atoms with Crippen LogP contribution in [0.1, 0.15) is 58.3 Å². The Hall–Kier alpha value is -1.55. The first-order valence-electron chi connectivity index (χ1n) is 8.23. The van der Waals surface area contributed by atoms with Gasteiger partial charge < -0.3 is 9.47 Å². The molecule has 0 heterocycles. The fourth-order valence-electron chi connectivity index (χ4n) is 2.01. The van der Waals surface area contributed by atoms with Crippen molar-refractivity contribution < 1.29 is 19.1 Å². The molecule has 0 radical (unpaired) electrons. The molecule has 0 aliphatic heterocycles. The summed E-state index contributed by atoms with van der Waals surface area (Å²) in [5.74, 6) is 0.0781. The molecule has 0 fully saturated rings. The minimum Gasteiger partial charge on any atom is -0.466 e. The van der Waals surface area contributed by atoms with Crippen LogP contribution in [0, 0.1) is 0 Å². The number of hydrogen-bond acceptors (Lipinski definition) is 4. The summed E-state index contributed by atoms with van der Waals surface area (Å²) >= 11 is 5.76. The maximum atomic E-state index is 11.7. The van der Waals surface area contributed by atoms with E-state index in [0.717, 1.165) is 32.1 Å². The predicted molar refractivity (Wildman–Crippen MR) is 90.7 cm³/mol. The maximum Gasteiger partial charge on any atom is 0.311 e. The largest absolute Gasteiger partial charge is 0.466 e. The quantitative estimate of drug-likeness (QED) is 0.325. The van der Waals surface area contributed by atoms with Gasteiger partial charge in [-0.05, 0) is 43.5 Å². The van der Waals surface area contributed by atoms with Crippen molar-refractivity contribution in [3.63, 3.8) is 0 Å². The zero-order valence-electron chi connectivity index (χ0n) is 13.7. The van der Waals surface area contributed by atoms with Gasteiger partial charge in [0.2, 0.25) is 0 Å². The molecule has 0 aliphatic carbocycles. The molecule has 0 spiro atoms. The minimum atomic E-state index is -0.269. The van der Waals surface area contributed by atoms with Crippen molar-refractivity contribution in [1.29, 1.82) is 0 Å². The van der Waals surface area contributed by atoms with E-state index in [0.29, 0.717) is 36.6 Å². The number of unbranched alkanes of at least 4 members (excludes halogenated alkanes) is 4. The zero-order valence-corrected chi connectivity index (χ0v) is 14.4. The molecule has 0 saturated heterocycles. The normalized spacial score (nSPS) is 10.3. The Morgan fingerprint density at radius 2 is 1.57 bits per heavy atom. The highest BCUT2D eigenvalue weighted by Gasteiger charge is 2.06. The number of hydrogen-bond donors (Lipinski definition) is 0. The Kier molecular flexibility index (Phi) is 10.1. The lowest BCUT2D eigenvalue weighted by molar-refractivity contribution is -0.143. The van der Waals surface area contributed by atoms with E-state index in [1.807, 2.05) is 0 Å². The first-order chi connectivity index (χ1) is 11.1. The Labute approximate surface area is 143 Å². The number of esters is 2. The van der Waals surface area contributed by atoms with Crippen molar-refractivity contribution in [3.8, 4) is 5.75 Å². The van der Waals surface area contributed by atoms with Gasteiger partial charge in [-0.1, -0.05) is 37.8 Å². The smallest absolute Gasteiger partial charge is 0.311 e. The number of rotatable bonds is 11. The van der Waals surface area contributed by atoms with Crippen molar-refractivity contribution in [2.75, 3.05) is 6.61 Å². The molecule has 0 N–H and O–H groups in total. The SMILES string of the molecule is CCCCCOC(=O)CCCCCC(=O)Oc1ccc(Cl)cc1. The minimum absolute atomic E-state index is 0.148. The molecule has 1 rings (SSSR count). The second-order valence-electron chi connectivity index (χ2n) is 5.42. The Morgan fingerprint density at radius 1 is 0.913 bits per heavy atom.